The Hall–Kier alpha value is -2.44. The molecule has 7 nitrogen and oxygen atoms in total. The normalized spacial score (nSPS) is 10.1. The Morgan fingerprint density at radius 2 is 2.20 bits per heavy atom. The number of benzene rings is 1. The lowest BCUT2D eigenvalue weighted by Gasteiger charge is -1.97. The number of nitro benzene ring substituents is 1. The molecule has 1 aromatic rings. The molecule has 7 heteroatoms. The van der Waals surface area contributed by atoms with Crippen LogP contribution in [0.3, 0.4) is 0 Å². The zero-order valence-electron chi connectivity index (χ0n) is 7.45. The number of hydrogen-bond acceptors (Lipinski definition) is 3. The molecule has 0 aromatic heterocycles. The summed E-state index contributed by atoms with van der Waals surface area (Å²) in [5.74, 6) is -0.663. The summed E-state index contributed by atoms with van der Waals surface area (Å²) in [6.07, 6.45) is 0.752. The fourth-order valence-electron chi connectivity index (χ4n) is 0.998. The molecule has 0 radical (unpaired) electrons. The topological polar surface area (TPSA) is 109 Å². The fourth-order valence-corrected chi connectivity index (χ4v) is 0.998. The predicted molar refractivity (Wildman–Crippen MR) is 50.2 cm³/mol. The van der Waals surface area contributed by atoms with Gasteiger partial charge in [0, 0.05) is 12.3 Å². The summed E-state index contributed by atoms with van der Waals surface area (Å²) in [5, 5.41) is 15.0. The van der Waals surface area contributed by atoms with Gasteiger partial charge >= 0.3 is 0 Å². The van der Waals surface area contributed by atoms with Gasteiger partial charge in [-0.3, -0.25) is 14.9 Å². The summed E-state index contributed by atoms with van der Waals surface area (Å²) >= 11 is 0. The molecule has 0 heterocycles. The van der Waals surface area contributed by atoms with Crippen molar-refractivity contribution in [3.63, 3.8) is 0 Å². The third kappa shape index (κ3) is 2.50. The number of carbonyl (C=O) groups excluding carboxylic acids is 1. The SMILES string of the molecule is [N-]=[NH+]N=CC(=O)c1ccccc1[N+](=O)[O-]. The number of ketones is 1. The average Bonchev–Trinajstić information content (AvgIpc) is 2.25. The van der Waals surface area contributed by atoms with E-state index in [2.05, 4.69) is 5.10 Å². The number of nitro groups is 1. The van der Waals surface area contributed by atoms with E-state index >= 15 is 0 Å². The first-order valence-corrected chi connectivity index (χ1v) is 3.86. The summed E-state index contributed by atoms with van der Waals surface area (Å²) in [6.45, 7) is 0. The van der Waals surface area contributed by atoms with E-state index in [0.29, 0.717) is 0 Å². The minimum absolute atomic E-state index is 0.0819. The van der Waals surface area contributed by atoms with Gasteiger partial charge in [-0.15, -0.1) is 0 Å². The minimum atomic E-state index is -0.663. The van der Waals surface area contributed by atoms with Crippen molar-refractivity contribution in [2.45, 2.75) is 0 Å². The third-order valence-corrected chi connectivity index (χ3v) is 1.61. The molecule has 76 valence electrons. The second-order valence-corrected chi connectivity index (χ2v) is 2.50. The molecule has 0 atom stereocenters. The van der Waals surface area contributed by atoms with Crippen LogP contribution in [0, 0.1) is 10.1 Å². The Kier molecular flexibility index (Phi) is 3.33. The lowest BCUT2D eigenvalue weighted by molar-refractivity contribution is -0.485. The monoisotopic (exact) mass is 206 g/mol. The first-order valence-electron chi connectivity index (χ1n) is 3.86. The van der Waals surface area contributed by atoms with E-state index in [-0.39, 0.29) is 11.3 Å². The van der Waals surface area contributed by atoms with Crippen molar-refractivity contribution in [2.24, 2.45) is 5.10 Å². The van der Waals surface area contributed by atoms with Crippen molar-refractivity contribution in [3.05, 3.63) is 45.5 Å². The van der Waals surface area contributed by atoms with E-state index in [1.165, 1.54) is 29.5 Å². The zero-order chi connectivity index (χ0) is 11.3. The molecular weight excluding hydrogens is 200 g/mol. The summed E-state index contributed by atoms with van der Waals surface area (Å²) in [5.41, 5.74) is 7.73. The Labute approximate surface area is 84.1 Å². The van der Waals surface area contributed by atoms with Gasteiger partial charge in [-0.1, -0.05) is 12.1 Å². The van der Waals surface area contributed by atoms with E-state index in [1.54, 1.807) is 0 Å². The molecule has 0 saturated heterocycles. The number of hydrogen-bond donors (Lipinski definition) is 1. The number of hydrazone groups is 1. The molecule has 1 N–H and O–H groups in total. The number of Topliss-reactive ketones (excluding diaryl/α,β-unsaturated/α-hetero) is 1. The van der Waals surface area contributed by atoms with E-state index < -0.39 is 10.7 Å². The molecule has 1 aromatic carbocycles. The molecular formula is C8H6N4O3. The lowest BCUT2D eigenvalue weighted by atomic mass is 10.1. The predicted octanol–water partition coefficient (Wildman–Crippen LogP) is -0.135. The summed E-state index contributed by atoms with van der Waals surface area (Å²) in [7, 11) is 0. The van der Waals surface area contributed by atoms with Crippen LogP contribution in [0.15, 0.2) is 29.4 Å². The molecule has 0 spiro atoms. The number of nitrogens with one attached hydrogen (secondary N) is 1. The molecule has 0 aliphatic heterocycles. The Bertz CT molecular complexity index is 441. The summed E-state index contributed by atoms with van der Waals surface area (Å²) < 4.78 is 0. The highest BCUT2D eigenvalue weighted by molar-refractivity contribution is 6.36. The molecule has 0 unspecified atom stereocenters. The molecule has 0 aliphatic carbocycles. The average molecular weight is 206 g/mol. The lowest BCUT2D eigenvalue weighted by Crippen LogP contribution is -2.54. The van der Waals surface area contributed by atoms with Crippen molar-refractivity contribution in [2.75, 3.05) is 0 Å². The quantitative estimate of drug-likeness (QED) is 0.243. The van der Waals surface area contributed by atoms with Gasteiger partial charge in [-0.05, 0) is 6.07 Å². The molecule has 0 bridgehead atoms. The van der Waals surface area contributed by atoms with Gasteiger partial charge in [-0.2, -0.15) is 15.9 Å². The molecule has 1 rings (SSSR count). The van der Waals surface area contributed by atoms with E-state index in [9.17, 15) is 14.9 Å². The van der Waals surface area contributed by atoms with Crippen LogP contribution in [0.5, 0.6) is 0 Å². The second-order valence-electron chi connectivity index (χ2n) is 2.50. The Balaban J connectivity index is 3.13. The maximum absolute atomic E-state index is 11.3. The first-order chi connectivity index (χ1) is 7.16. The van der Waals surface area contributed by atoms with Crippen LogP contribution in [0.1, 0.15) is 10.4 Å². The van der Waals surface area contributed by atoms with Gasteiger partial charge in [0.1, 0.15) is 0 Å². The van der Waals surface area contributed by atoms with E-state index in [4.69, 9.17) is 5.53 Å². The van der Waals surface area contributed by atoms with Crippen molar-refractivity contribution < 1.29 is 14.9 Å². The van der Waals surface area contributed by atoms with Gasteiger partial charge in [0.05, 0.1) is 10.5 Å². The van der Waals surface area contributed by atoms with Gasteiger partial charge < -0.3 is 0 Å². The summed E-state index contributed by atoms with van der Waals surface area (Å²) in [4.78, 5) is 21.2. The van der Waals surface area contributed by atoms with Crippen molar-refractivity contribution in [1.82, 2.24) is 0 Å². The van der Waals surface area contributed by atoms with Crippen LogP contribution in [0.2, 0.25) is 0 Å². The maximum atomic E-state index is 11.3. The highest BCUT2D eigenvalue weighted by Gasteiger charge is 2.16. The molecule has 15 heavy (non-hydrogen) atoms. The largest absolute Gasteiger partial charge is 0.289 e. The van der Waals surface area contributed by atoms with Gasteiger partial charge in [-0.25, -0.2) is 0 Å². The Morgan fingerprint density at radius 1 is 1.53 bits per heavy atom. The van der Waals surface area contributed by atoms with Crippen LogP contribution in [0.25, 0.3) is 5.53 Å². The number of carbonyl (C=O) groups is 1. The first kappa shape index (κ1) is 10.6. The van der Waals surface area contributed by atoms with Crippen molar-refractivity contribution >= 4 is 17.7 Å². The standard InChI is InChI=1S/C8H6N4O3/c9-11-10-5-8(13)6-3-1-2-4-7(6)12(14)15/h1-5,11H. The maximum Gasteiger partial charge on any atom is 0.280 e. The molecule has 0 amide bonds. The zero-order valence-corrected chi connectivity index (χ0v) is 7.45. The van der Waals surface area contributed by atoms with Crippen LogP contribution in [-0.4, -0.2) is 16.9 Å². The van der Waals surface area contributed by atoms with Crippen LogP contribution in [-0.2, 0) is 0 Å². The molecule has 0 aliphatic rings. The van der Waals surface area contributed by atoms with Crippen LogP contribution >= 0.6 is 0 Å². The number of para-hydroxylation sites is 1. The van der Waals surface area contributed by atoms with Gasteiger partial charge in [0.2, 0.25) is 0 Å². The molecule has 0 fully saturated rings. The highest BCUT2D eigenvalue weighted by atomic mass is 16.6. The van der Waals surface area contributed by atoms with Gasteiger partial charge in [0.15, 0.2) is 5.78 Å². The second kappa shape index (κ2) is 4.70. The van der Waals surface area contributed by atoms with Crippen LogP contribution < -0.4 is 5.22 Å². The minimum Gasteiger partial charge on any atom is -0.289 e. The fraction of sp³-hybridized carbons (Fsp3) is 0. The van der Waals surface area contributed by atoms with Crippen molar-refractivity contribution in [1.29, 1.82) is 0 Å². The van der Waals surface area contributed by atoms with Crippen molar-refractivity contribution in [3.8, 4) is 0 Å². The van der Waals surface area contributed by atoms with E-state index in [1.807, 2.05) is 0 Å². The summed E-state index contributed by atoms with van der Waals surface area (Å²) in [6, 6.07) is 5.48. The third-order valence-electron chi connectivity index (χ3n) is 1.61. The van der Waals surface area contributed by atoms with Gasteiger partial charge in [0.25, 0.3) is 5.69 Å². The number of nitrogens with zero attached hydrogens (tertiary/aromatic N) is 3. The number of rotatable bonds is 4. The van der Waals surface area contributed by atoms with Crippen LogP contribution in [0.4, 0.5) is 5.69 Å². The van der Waals surface area contributed by atoms with E-state index in [0.717, 1.165) is 6.21 Å². The Morgan fingerprint density at radius 3 is 2.80 bits per heavy atom. The molecule has 0 saturated carbocycles. The smallest absolute Gasteiger partial charge is 0.280 e. The highest BCUT2D eigenvalue weighted by Crippen LogP contribution is 2.17.